The summed E-state index contributed by atoms with van der Waals surface area (Å²) in [6.45, 7) is 0. The Bertz CT molecular complexity index is 850. The summed E-state index contributed by atoms with van der Waals surface area (Å²) in [5, 5.41) is 0.365. The molecule has 0 radical (unpaired) electrons. The van der Waals surface area contributed by atoms with E-state index in [1.807, 2.05) is 0 Å². The molecule has 0 fully saturated rings. The Morgan fingerprint density at radius 1 is 0.952 bits per heavy atom. The minimum Gasteiger partial charge on any atom is -0.228 e. The zero-order chi connectivity index (χ0) is 15.1. The van der Waals surface area contributed by atoms with E-state index >= 15 is 0 Å². The molecule has 0 bridgehead atoms. The van der Waals surface area contributed by atoms with E-state index < -0.39 is 23.0 Å². The molecule has 0 N–H and O–H groups in total. The second-order valence-corrected chi connectivity index (χ2v) is 5.43. The van der Waals surface area contributed by atoms with Crippen LogP contribution in [0.5, 0.6) is 0 Å². The first-order valence-corrected chi connectivity index (χ1v) is 6.91. The number of aromatic nitrogens is 2. The largest absolute Gasteiger partial charge is 0.228 e. The molecule has 7 heteroatoms. The van der Waals surface area contributed by atoms with Crippen LogP contribution in [-0.2, 0) is 0 Å². The molecule has 2 nitrogen and oxygen atoms in total. The number of hydrogen-bond acceptors (Lipinski definition) is 2. The molecule has 0 aliphatic heterocycles. The third kappa shape index (κ3) is 2.49. The van der Waals surface area contributed by atoms with Gasteiger partial charge in [0.05, 0.1) is 15.6 Å². The third-order valence-corrected chi connectivity index (χ3v) is 3.77. The van der Waals surface area contributed by atoms with Crippen LogP contribution in [-0.4, -0.2) is 9.97 Å². The predicted molar refractivity (Wildman–Crippen MR) is 77.6 cm³/mol. The number of benzene rings is 2. The van der Waals surface area contributed by atoms with Gasteiger partial charge in [-0.25, -0.2) is 23.1 Å². The van der Waals surface area contributed by atoms with Gasteiger partial charge in [-0.2, -0.15) is 0 Å². The summed E-state index contributed by atoms with van der Waals surface area (Å²) >= 11 is 9.03. The van der Waals surface area contributed by atoms with Crippen LogP contribution in [0.3, 0.4) is 0 Å². The van der Waals surface area contributed by atoms with Gasteiger partial charge in [-0.3, -0.25) is 0 Å². The Labute approximate surface area is 130 Å². The smallest absolute Gasteiger partial charge is 0.167 e. The van der Waals surface area contributed by atoms with Crippen molar-refractivity contribution in [3.63, 3.8) is 0 Å². The molecule has 0 unspecified atom stereocenters. The highest BCUT2D eigenvalue weighted by Gasteiger charge is 2.17. The molecule has 0 saturated heterocycles. The van der Waals surface area contributed by atoms with Crippen molar-refractivity contribution in [2.45, 2.75) is 0 Å². The molecule has 0 atom stereocenters. The summed E-state index contributed by atoms with van der Waals surface area (Å²) in [6, 6.07) is 5.93. The Kier molecular flexibility index (Phi) is 3.59. The van der Waals surface area contributed by atoms with Crippen molar-refractivity contribution in [3.05, 3.63) is 57.4 Å². The Morgan fingerprint density at radius 3 is 2.29 bits per heavy atom. The summed E-state index contributed by atoms with van der Waals surface area (Å²) in [5.41, 5.74) is -0.238. The second-order valence-electron chi connectivity index (χ2n) is 4.22. The topological polar surface area (TPSA) is 25.8 Å². The maximum Gasteiger partial charge on any atom is 0.167 e. The first-order valence-electron chi connectivity index (χ1n) is 5.74. The summed E-state index contributed by atoms with van der Waals surface area (Å²) < 4.78 is 41.3. The highest BCUT2D eigenvalue weighted by Crippen LogP contribution is 2.30. The highest BCUT2D eigenvalue weighted by atomic mass is 79.9. The highest BCUT2D eigenvalue weighted by molar-refractivity contribution is 9.10. The molecule has 0 aliphatic carbocycles. The molecule has 3 rings (SSSR count). The van der Waals surface area contributed by atoms with Crippen LogP contribution in [0.2, 0.25) is 5.15 Å². The minimum atomic E-state index is -0.817. The maximum absolute atomic E-state index is 13.8. The Balaban J connectivity index is 2.33. The molecule has 0 saturated carbocycles. The average Bonchev–Trinajstić information content (AvgIpc) is 2.41. The average molecular weight is 374 g/mol. The van der Waals surface area contributed by atoms with Crippen LogP contribution in [0.4, 0.5) is 13.2 Å². The zero-order valence-electron chi connectivity index (χ0n) is 10.2. The van der Waals surface area contributed by atoms with Crippen molar-refractivity contribution in [2.24, 2.45) is 0 Å². The van der Waals surface area contributed by atoms with Gasteiger partial charge < -0.3 is 0 Å². The van der Waals surface area contributed by atoms with Crippen molar-refractivity contribution in [1.29, 1.82) is 0 Å². The van der Waals surface area contributed by atoms with Gasteiger partial charge in [0.2, 0.25) is 0 Å². The molecule has 0 aliphatic rings. The quantitative estimate of drug-likeness (QED) is 0.553. The van der Waals surface area contributed by atoms with E-state index in [1.165, 1.54) is 12.1 Å². The van der Waals surface area contributed by atoms with Gasteiger partial charge >= 0.3 is 0 Å². The van der Waals surface area contributed by atoms with Crippen LogP contribution in [0.1, 0.15) is 0 Å². The van der Waals surface area contributed by atoms with Crippen molar-refractivity contribution < 1.29 is 13.2 Å². The summed E-state index contributed by atoms with van der Waals surface area (Å²) in [5.74, 6) is -2.42. The second kappa shape index (κ2) is 5.27. The number of rotatable bonds is 1. The van der Waals surface area contributed by atoms with Gasteiger partial charge in [0.25, 0.3) is 0 Å². The third-order valence-electron chi connectivity index (χ3n) is 2.88. The van der Waals surface area contributed by atoms with E-state index in [9.17, 15) is 13.2 Å². The van der Waals surface area contributed by atoms with E-state index in [0.29, 0.717) is 5.39 Å². The fourth-order valence-electron chi connectivity index (χ4n) is 1.91. The van der Waals surface area contributed by atoms with Crippen LogP contribution in [0.15, 0.2) is 34.8 Å². The lowest BCUT2D eigenvalue weighted by Gasteiger charge is -2.07. The molecule has 106 valence electrons. The van der Waals surface area contributed by atoms with Crippen molar-refractivity contribution in [1.82, 2.24) is 9.97 Å². The van der Waals surface area contributed by atoms with Crippen LogP contribution < -0.4 is 0 Å². The van der Waals surface area contributed by atoms with E-state index in [1.54, 1.807) is 0 Å². The van der Waals surface area contributed by atoms with Crippen molar-refractivity contribution in [2.75, 3.05) is 0 Å². The minimum absolute atomic E-state index is 0.0154. The number of nitrogens with zero attached hydrogens (tertiary/aromatic N) is 2. The van der Waals surface area contributed by atoms with Crippen molar-refractivity contribution in [3.8, 4) is 11.4 Å². The predicted octanol–water partition coefficient (Wildman–Crippen LogP) is 5.13. The van der Waals surface area contributed by atoms with Crippen molar-refractivity contribution >= 4 is 38.4 Å². The fraction of sp³-hybridized carbons (Fsp3) is 0. The van der Waals surface area contributed by atoms with E-state index in [0.717, 1.165) is 18.2 Å². The van der Waals surface area contributed by atoms with E-state index in [2.05, 4.69) is 25.9 Å². The summed E-state index contributed by atoms with van der Waals surface area (Å²) in [6.07, 6.45) is 0. The Hall–Kier alpha value is -1.66. The Morgan fingerprint density at radius 2 is 1.62 bits per heavy atom. The number of halogens is 5. The molecule has 0 spiro atoms. The molecule has 1 aromatic heterocycles. The van der Waals surface area contributed by atoms with Crippen LogP contribution in [0, 0.1) is 17.5 Å². The molecule has 1 heterocycles. The lowest BCUT2D eigenvalue weighted by Crippen LogP contribution is -1.97. The summed E-state index contributed by atoms with van der Waals surface area (Å²) in [7, 11) is 0. The van der Waals surface area contributed by atoms with E-state index in [4.69, 9.17) is 11.6 Å². The van der Waals surface area contributed by atoms with Gasteiger partial charge in [-0.15, -0.1) is 0 Å². The molecule has 3 aromatic rings. The number of hydrogen-bond donors (Lipinski definition) is 0. The van der Waals surface area contributed by atoms with Gasteiger partial charge in [0, 0.05) is 11.5 Å². The monoisotopic (exact) mass is 372 g/mol. The zero-order valence-corrected chi connectivity index (χ0v) is 12.5. The van der Waals surface area contributed by atoms with E-state index in [-0.39, 0.29) is 21.0 Å². The molecular weight excluding hydrogens is 369 g/mol. The lowest BCUT2D eigenvalue weighted by atomic mass is 10.1. The standard InChI is InChI=1S/C14H5BrClF3N2/c15-7-4-6-11(5-10(7)19)20-14(21-13(6)16)12-8(17)2-1-3-9(12)18/h1-5H. The molecule has 21 heavy (non-hydrogen) atoms. The summed E-state index contributed by atoms with van der Waals surface area (Å²) in [4.78, 5) is 7.89. The molecular formula is C14H5BrClF3N2. The van der Waals surface area contributed by atoms with Gasteiger partial charge in [0.15, 0.2) is 5.82 Å². The van der Waals surface area contributed by atoms with Gasteiger partial charge in [0.1, 0.15) is 22.6 Å². The SMILES string of the molecule is Fc1cc2nc(-c3c(F)cccc3F)nc(Cl)c2cc1Br. The van der Waals surface area contributed by atoms with Gasteiger partial charge in [-0.1, -0.05) is 17.7 Å². The molecule has 2 aromatic carbocycles. The maximum atomic E-state index is 13.8. The lowest BCUT2D eigenvalue weighted by molar-refractivity contribution is 0.587. The van der Waals surface area contributed by atoms with Crippen LogP contribution in [0.25, 0.3) is 22.3 Å². The first-order chi connectivity index (χ1) is 9.97. The number of fused-ring (bicyclic) bond motifs is 1. The molecule has 0 amide bonds. The fourth-order valence-corrected chi connectivity index (χ4v) is 2.48. The normalized spacial score (nSPS) is 11.1. The first kappa shape index (κ1) is 14.3. The van der Waals surface area contributed by atoms with Gasteiger partial charge in [-0.05, 0) is 34.1 Å². The van der Waals surface area contributed by atoms with Crippen LogP contribution >= 0.6 is 27.5 Å².